The van der Waals surface area contributed by atoms with Crippen molar-refractivity contribution < 1.29 is 0 Å². The van der Waals surface area contributed by atoms with E-state index in [9.17, 15) is 0 Å². The second-order valence-electron chi connectivity index (χ2n) is 4.35. The Morgan fingerprint density at radius 1 is 1.29 bits per heavy atom. The molecule has 2 N–H and O–H groups in total. The van der Waals surface area contributed by atoms with Gasteiger partial charge in [-0.1, -0.05) is 12.2 Å². The van der Waals surface area contributed by atoms with Crippen molar-refractivity contribution in [2.24, 2.45) is 5.73 Å². The first-order valence-corrected chi connectivity index (χ1v) is 6.03. The van der Waals surface area contributed by atoms with Crippen LogP contribution in [-0.2, 0) is 0 Å². The van der Waals surface area contributed by atoms with Gasteiger partial charge in [0.25, 0.3) is 0 Å². The molecule has 0 fully saturated rings. The molecule has 0 atom stereocenters. The highest BCUT2D eigenvalue weighted by Crippen LogP contribution is 2.09. The van der Waals surface area contributed by atoms with Crippen LogP contribution in [0.3, 0.4) is 0 Å². The number of anilines is 1. The van der Waals surface area contributed by atoms with Gasteiger partial charge in [0.2, 0.25) is 0 Å². The zero-order chi connectivity index (χ0) is 12.8. The van der Waals surface area contributed by atoms with Crippen molar-refractivity contribution in [3.8, 4) is 0 Å². The molecule has 0 aliphatic heterocycles. The van der Waals surface area contributed by atoms with Gasteiger partial charge in [-0.3, -0.25) is 0 Å². The summed E-state index contributed by atoms with van der Waals surface area (Å²) in [6.07, 6.45) is 2.84. The minimum atomic E-state index is 0.388. The van der Waals surface area contributed by atoms with Crippen LogP contribution in [-0.4, -0.2) is 49.1 Å². The fourth-order valence-corrected chi connectivity index (χ4v) is 1.62. The van der Waals surface area contributed by atoms with E-state index < -0.39 is 0 Å². The molecule has 1 aromatic rings. The summed E-state index contributed by atoms with van der Waals surface area (Å²) in [6, 6.07) is 3.86. The summed E-state index contributed by atoms with van der Waals surface area (Å²) in [5.74, 6) is 0.948. The Morgan fingerprint density at radius 3 is 2.47 bits per heavy atom. The summed E-state index contributed by atoms with van der Waals surface area (Å²) >= 11 is 4.89. The Kier molecular flexibility index (Phi) is 5.31. The largest absolute Gasteiger partial charge is 0.389 e. The second kappa shape index (κ2) is 6.51. The fourth-order valence-electron chi connectivity index (χ4n) is 1.50. The maximum atomic E-state index is 5.53. The van der Waals surface area contributed by atoms with Gasteiger partial charge >= 0.3 is 0 Å². The van der Waals surface area contributed by atoms with Crippen LogP contribution in [0.1, 0.15) is 12.0 Å². The van der Waals surface area contributed by atoms with Gasteiger partial charge in [0.1, 0.15) is 10.8 Å². The Morgan fingerprint density at radius 2 is 2.00 bits per heavy atom. The molecule has 1 heterocycles. The number of nitrogens with zero attached hydrogens (tertiary/aromatic N) is 3. The second-order valence-corrected chi connectivity index (χ2v) is 4.79. The van der Waals surface area contributed by atoms with E-state index >= 15 is 0 Å². The molecule has 1 rings (SSSR count). The molecule has 5 heteroatoms. The lowest BCUT2D eigenvalue weighted by Crippen LogP contribution is -2.24. The zero-order valence-electron chi connectivity index (χ0n) is 10.7. The lowest BCUT2D eigenvalue weighted by atomic mass is 10.3. The highest BCUT2D eigenvalue weighted by molar-refractivity contribution is 7.80. The Bertz CT molecular complexity index is 361. The lowest BCUT2D eigenvalue weighted by Gasteiger charge is -2.19. The highest BCUT2D eigenvalue weighted by atomic mass is 32.1. The third kappa shape index (κ3) is 4.66. The van der Waals surface area contributed by atoms with Gasteiger partial charge in [-0.25, -0.2) is 4.98 Å². The third-order valence-electron chi connectivity index (χ3n) is 2.52. The molecule has 4 nitrogen and oxygen atoms in total. The van der Waals surface area contributed by atoms with Gasteiger partial charge in [-0.05, 0) is 39.2 Å². The van der Waals surface area contributed by atoms with Gasteiger partial charge in [0.05, 0.1) is 0 Å². The molecule has 0 aliphatic rings. The molecule has 0 aromatic carbocycles. The van der Waals surface area contributed by atoms with Crippen molar-refractivity contribution in [1.29, 1.82) is 0 Å². The van der Waals surface area contributed by atoms with Gasteiger partial charge < -0.3 is 15.5 Å². The summed E-state index contributed by atoms with van der Waals surface area (Å²) in [5, 5.41) is 0. The number of nitrogens with two attached hydrogens (primary N) is 1. The standard InChI is InChI=1S/C12H20N4S/c1-15(2)7-4-8-16(3)11-6-5-10(9-14-11)12(13)17/h5-6,9H,4,7-8H2,1-3H3,(H2,13,17). The zero-order valence-corrected chi connectivity index (χ0v) is 11.5. The SMILES string of the molecule is CN(C)CCCN(C)c1ccc(C(N)=S)cn1. The van der Waals surface area contributed by atoms with Crippen molar-refractivity contribution in [2.45, 2.75) is 6.42 Å². The number of hydrogen-bond donors (Lipinski definition) is 1. The van der Waals surface area contributed by atoms with Crippen LogP contribution in [0, 0.1) is 0 Å². The first-order chi connectivity index (χ1) is 8.00. The predicted molar refractivity (Wildman–Crippen MR) is 76.6 cm³/mol. The molecule has 0 aliphatic carbocycles. The molecule has 17 heavy (non-hydrogen) atoms. The average molecular weight is 252 g/mol. The normalized spacial score (nSPS) is 10.6. The number of rotatable bonds is 6. The van der Waals surface area contributed by atoms with Crippen LogP contribution in [0.25, 0.3) is 0 Å². The maximum Gasteiger partial charge on any atom is 0.128 e. The summed E-state index contributed by atoms with van der Waals surface area (Å²) in [6.45, 7) is 2.06. The maximum absolute atomic E-state index is 5.53. The summed E-state index contributed by atoms with van der Waals surface area (Å²) < 4.78 is 0. The van der Waals surface area contributed by atoms with E-state index in [2.05, 4.69) is 28.9 Å². The smallest absolute Gasteiger partial charge is 0.128 e. The summed E-state index contributed by atoms with van der Waals surface area (Å²) in [7, 11) is 6.20. The molecule has 0 bridgehead atoms. The van der Waals surface area contributed by atoms with Crippen LogP contribution < -0.4 is 10.6 Å². The van der Waals surface area contributed by atoms with Gasteiger partial charge in [0, 0.05) is 25.4 Å². The van der Waals surface area contributed by atoms with Crippen molar-refractivity contribution in [1.82, 2.24) is 9.88 Å². The molecule has 94 valence electrons. The minimum absolute atomic E-state index is 0.388. The lowest BCUT2D eigenvalue weighted by molar-refractivity contribution is 0.401. The van der Waals surface area contributed by atoms with Crippen molar-refractivity contribution in [3.63, 3.8) is 0 Å². The van der Waals surface area contributed by atoms with E-state index in [1.54, 1.807) is 6.20 Å². The number of thiocarbonyl (C=S) groups is 1. The minimum Gasteiger partial charge on any atom is -0.389 e. The number of aromatic nitrogens is 1. The molecule has 0 unspecified atom stereocenters. The van der Waals surface area contributed by atoms with Crippen LogP contribution in [0.5, 0.6) is 0 Å². The molecule has 0 saturated carbocycles. The molecule has 0 amide bonds. The van der Waals surface area contributed by atoms with Crippen molar-refractivity contribution in [2.75, 3.05) is 39.1 Å². The Balaban J connectivity index is 2.51. The topological polar surface area (TPSA) is 45.4 Å². The summed E-state index contributed by atoms with van der Waals surface area (Å²) in [4.78, 5) is 9.04. The molecule has 0 spiro atoms. The summed E-state index contributed by atoms with van der Waals surface area (Å²) in [5.41, 5.74) is 6.34. The fraction of sp³-hybridized carbons (Fsp3) is 0.500. The molecule has 0 saturated heterocycles. The van der Waals surface area contributed by atoms with Crippen LogP contribution in [0.2, 0.25) is 0 Å². The molecule has 0 radical (unpaired) electrons. The Labute approximate surface area is 108 Å². The molecular weight excluding hydrogens is 232 g/mol. The number of pyridine rings is 1. The van der Waals surface area contributed by atoms with E-state index in [4.69, 9.17) is 18.0 Å². The van der Waals surface area contributed by atoms with Crippen molar-refractivity contribution in [3.05, 3.63) is 23.9 Å². The van der Waals surface area contributed by atoms with Gasteiger partial charge in [-0.2, -0.15) is 0 Å². The van der Waals surface area contributed by atoms with E-state index in [0.717, 1.165) is 30.9 Å². The van der Waals surface area contributed by atoms with E-state index in [0.29, 0.717) is 4.99 Å². The highest BCUT2D eigenvalue weighted by Gasteiger charge is 2.03. The Hall–Kier alpha value is -1.20. The van der Waals surface area contributed by atoms with E-state index in [1.807, 2.05) is 19.2 Å². The quantitative estimate of drug-likeness (QED) is 0.768. The first kappa shape index (κ1) is 13.9. The van der Waals surface area contributed by atoms with Gasteiger partial charge in [0.15, 0.2) is 0 Å². The molecular formula is C12H20N4S. The van der Waals surface area contributed by atoms with E-state index in [-0.39, 0.29) is 0 Å². The monoisotopic (exact) mass is 252 g/mol. The van der Waals surface area contributed by atoms with Crippen LogP contribution in [0.4, 0.5) is 5.82 Å². The van der Waals surface area contributed by atoms with E-state index in [1.165, 1.54) is 0 Å². The van der Waals surface area contributed by atoms with Gasteiger partial charge in [-0.15, -0.1) is 0 Å². The van der Waals surface area contributed by atoms with Crippen molar-refractivity contribution >= 4 is 23.0 Å². The van der Waals surface area contributed by atoms with Crippen LogP contribution in [0.15, 0.2) is 18.3 Å². The third-order valence-corrected chi connectivity index (χ3v) is 2.76. The van der Waals surface area contributed by atoms with Crippen LogP contribution >= 0.6 is 12.2 Å². The number of hydrogen-bond acceptors (Lipinski definition) is 4. The predicted octanol–water partition coefficient (Wildman–Crippen LogP) is 1.10. The average Bonchev–Trinajstić information content (AvgIpc) is 2.28. The molecule has 1 aromatic heterocycles. The first-order valence-electron chi connectivity index (χ1n) is 5.62.